The number of hydrogen-bond donors (Lipinski definition) is 1. The predicted molar refractivity (Wildman–Crippen MR) is 83.8 cm³/mol. The first kappa shape index (κ1) is 13.8. The minimum Gasteiger partial charge on any atom is -0.371 e. The molecule has 0 amide bonds. The molecular weight excluding hydrogens is 238 g/mol. The van der Waals surface area contributed by atoms with Gasteiger partial charge in [0.1, 0.15) is 0 Å². The Bertz CT molecular complexity index is 364. The molecule has 1 atom stereocenters. The van der Waals surface area contributed by atoms with Crippen LogP contribution >= 0.6 is 12.6 Å². The van der Waals surface area contributed by atoms with Crippen LogP contribution in [-0.4, -0.2) is 18.8 Å². The standard InChI is InChI=1S/C16H25NS/c1-2-7-14(13-18)12-17-11-6-5-9-15-8-3-4-10-16(15)17/h3-4,8,10,14,18H,2,5-7,9,11-13H2,1H3. The lowest BCUT2D eigenvalue weighted by Crippen LogP contribution is -2.31. The van der Waals surface area contributed by atoms with Gasteiger partial charge in [-0.05, 0) is 49.0 Å². The Morgan fingerprint density at radius 2 is 2.11 bits per heavy atom. The zero-order chi connectivity index (χ0) is 12.8. The van der Waals surface area contributed by atoms with Gasteiger partial charge in [-0.25, -0.2) is 0 Å². The highest BCUT2D eigenvalue weighted by molar-refractivity contribution is 7.80. The molecule has 0 aliphatic carbocycles. The first-order valence-electron chi connectivity index (χ1n) is 7.29. The highest BCUT2D eigenvalue weighted by Gasteiger charge is 2.17. The lowest BCUT2D eigenvalue weighted by atomic mass is 10.0. The molecular formula is C16H25NS. The summed E-state index contributed by atoms with van der Waals surface area (Å²) >= 11 is 4.52. The maximum atomic E-state index is 4.52. The third-order valence-corrected chi connectivity index (χ3v) is 4.41. The number of thiol groups is 1. The van der Waals surface area contributed by atoms with E-state index in [0.29, 0.717) is 0 Å². The molecule has 1 aromatic carbocycles. The van der Waals surface area contributed by atoms with Gasteiger partial charge in [-0.2, -0.15) is 12.6 Å². The third-order valence-electron chi connectivity index (χ3n) is 3.89. The summed E-state index contributed by atoms with van der Waals surface area (Å²) in [5.74, 6) is 1.73. The van der Waals surface area contributed by atoms with Gasteiger partial charge in [0.2, 0.25) is 0 Å². The number of benzene rings is 1. The molecule has 0 saturated heterocycles. The third kappa shape index (κ3) is 3.44. The highest BCUT2D eigenvalue weighted by atomic mass is 32.1. The number of nitrogens with zero attached hydrogens (tertiary/aromatic N) is 1. The minimum atomic E-state index is 0.726. The normalized spacial score (nSPS) is 17.1. The summed E-state index contributed by atoms with van der Waals surface area (Å²) in [5, 5.41) is 0. The average Bonchev–Trinajstić information content (AvgIpc) is 2.61. The number of anilines is 1. The van der Waals surface area contributed by atoms with Crippen LogP contribution in [0.5, 0.6) is 0 Å². The molecule has 1 nitrogen and oxygen atoms in total. The molecule has 0 saturated carbocycles. The van der Waals surface area contributed by atoms with Crippen molar-refractivity contribution >= 4 is 18.3 Å². The van der Waals surface area contributed by atoms with Gasteiger partial charge in [0.05, 0.1) is 0 Å². The van der Waals surface area contributed by atoms with Crippen molar-refractivity contribution in [1.29, 1.82) is 0 Å². The van der Waals surface area contributed by atoms with Gasteiger partial charge in [-0.15, -0.1) is 0 Å². The molecule has 0 N–H and O–H groups in total. The average molecular weight is 263 g/mol. The number of para-hydroxylation sites is 1. The van der Waals surface area contributed by atoms with E-state index in [4.69, 9.17) is 0 Å². The second-order valence-corrected chi connectivity index (χ2v) is 5.73. The molecule has 1 aliphatic heterocycles. The SMILES string of the molecule is CCCC(CS)CN1CCCCc2ccccc21. The van der Waals surface area contributed by atoms with Crippen LogP contribution < -0.4 is 4.90 Å². The van der Waals surface area contributed by atoms with Crippen LogP contribution in [0.2, 0.25) is 0 Å². The van der Waals surface area contributed by atoms with Crippen LogP contribution in [0.3, 0.4) is 0 Å². The van der Waals surface area contributed by atoms with Crippen molar-refractivity contribution < 1.29 is 0 Å². The van der Waals surface area contributed by atoms with Gasteiger partial charge in [0.15, 0.2) is 0 Å². The minimum absolute atomic E-state index is 0.726. The Kier molecular flexibility index (Phi) is 5.43. The number of aryl methyl sites for hydroxylation is 1. The summed E-state index contributed by atoms with van der Waals surface area (Å²) in [6.45, 7) is 4.66. The smallest absolute Gasteiger partial charge is 0.0398 e. The lowest BCUT2D eigenvalue weighted by molar-refractivity contribution is 0.518. The van der Waals surface area contributed by atoms with Gasteiger partial charge in [0.25, 0.3) is 0 Å². The first-order valence-corrected chi connectivity index (χ1v) is 7.92. The lowest BCUT2D eigenvalue weighted by Gasteiger charge is -2.29. The van der Waals surface area contributed by atoms with E-state index in [1.807, 2.05) is 0 Å². The molecule has 1 unspecified atom stereocenters. The van der Waals surface area contributed by atoms with Gasteiger partial charge < -0.3 is 4.90 Å². The van der Waals surface area contributed by atoms with Crippen molar-refractivity contribution in [2.24, 2.45) is 5.92 Å². The van der Waals surface area contributed by atoms with E-state index in [9.17, 15) is 0 Å². The summed E-state index contributed by atoms with van der Waals surface area (Å²) in [7, 11) is 0. The van der Waals surface area contributed by atoms with Crippen molar-refractivity contribution in [3.05, 3.63) is 29.8 Å². The van der Waals surface area contributed by atoms with Crippen molar-refractivity contribution in [2.75, 3.05) is 23.7 Å². The second kappa shape index (κ2) is 7.08. The molecule has 2 heteroatoms. The molecule has 1 heterocycles. The van der Waals surface area contributed by atoms with Crippen molar-refractivity contribution in [1.82, 2.24) is 0 Å². The monoisotopic (exact) mass is 263 g/mol. The molecule has 0 radical (unpaired) electrons. The van der Waals surface area contributed by atoms with Gasteiger partial charge in [0, 0.05) is 18.8 Å². The van der Waals surface area contributed by atoms with Crippen LogP contribution in [0.4, 0.5) is 5.69 Å². The van der Waals surface area contributed by atoms with Crippen molar-refractivity contribution in [3.63, 3.8) is 0 Å². The molecule has 0 aromatic heterocycles. The van der Waals surface area contributed by atoms with Crippen LogP contribution in [0.25, 0.3) is 0 Å². The summed E-state index contributed by atoms with van der Waals surface area (Å²) in [6.07, 6.45) is 6.45. The van der Waals surface area contributed by atoms with Crippen LogP contribution in [0.1, 0.15) is 38.2 Å². The number of rotatable bonds is 5. The van der Waals surface area contributed by atoms with Crippen LogP contribution in [-0.2, 0) is 6.42 Å². The van der Waals surface area contributed by atoms with Gasteiger partial charge in [-0.3, -0.25) is 0 Å². The van der Waals surface area contributed by atoms with E-state index >= 15 is 0 Å². The molecule has 1 aliphatic rings. The van der Waals surface area contributed by atoms with Crippen LogP contribution in [0, 0.1) is 5.92 Å². The van der Waals surface area contributed by atoms with Crippen LogP contribution in [0.15, 0.2) is 24.3 Å². The molecule has 0 bridgehead atoms. The van der Waals surface area contributed by atoms with E-state index < -0.39 is 0 Å². The van der Waals surface area contributed by atoms with E-state index in [0.717, 1.165) is 11.7 Å². The second-order valence-electron chi connectivity index (χ2n) is 5.37. The van der Waals surface area contributed by atoms with Crippen molar-refractivity contribution in [2.45, 2.75) is 39.0 Å². The Morgan fingerprint density at radius 1 is 1.28 bits per heavy atom. The molecule has 1 aromatic rings. The maximum absolute atomic E-state index is 4.52. The number of fused-ring (bicyclic) bond motifs is 1. The fourth-order valence-electron chi connectivity index (χ4n) is 2.92. The molecule has 0 fully saturated rings. The zero-order valence-corrected chi connectivity index (χ0v) is 12.3. The Labute approximate surface area is 117 Å². The van der Waals surface area contributed by atoms with Gasteiger partial charge in [-0.1, -0.05) is 31.5 Å². The summed E-state index contributed by atoms with van der Waals surface area (Å²) in [4.78, 5) is 2.60. The summed E-state index contributed by atoms with van der Waals surface area (Å²) in [6, 6.07) is 8.93. The summed E-state index contributed by atoms with van der Waals surface area (Å²) < 4.78 is 0. The topological polar surface area (TPSA) is 3.24 Å². The van der Waals surface area contributed by atoms with E-state index in [1.165, 1.54) is 56.4 Å². The van der Waals surface area contributed by atoms with Crippen molar-refractivity contribution in [3.8, 4) is 0 Å². The Hall–Kier alpha value is -0.630. The predicted octanol–water partition coefficient (Wildman–Crippen LogP) is 4.18. The maximum Gasteiger partial charge on any atom is 0.0398 e. The van der Waals surface area contributed by atoms with E-state index in [2.05, 4.69) is 48.7 Å². The number of hydrogen-bond acceptors (Lipinski definition) is 2. The zero-order valence-electron chi connectivity index (χ0n) is 11.4. The first-order chi connectivity index (χ1) is 8.85. The Balaban J connectivity index is 2.12. The molecule has 0 spiro atoms. The Morgan fingerprint density at radius 3 is 2.89 bits per heavy atom. The van der Waals surface area contributed by atoms with E-state index in [1.54, 1.807) is 0 Å². The largest absolute Gasteiger partial charge is 0.371 e. The summed E-state index contributed by atoms with van der Waals surface area (Å²) in [5.41, 5.74) is 3.00. The fourth-order valence-corrected chi connectivity index (χ4v) is 3.22. The molecule has 100 valence electrons. The quantitative estimate of drug-likeness (QED) is 0.780. The van der Waals surface area contributed by atoms with E-state index in [-0.39, 0.29) is 0 Å². The molecule has 2 rings (SSSR count). The van der Waals surface area contributed by atoms with Gasteiger partial charge >= 0.3 is 0 Å². The fraction of sp³-hybridized carbons (Fsp3) is 0.625. The molecule has 18 heavy (non-hydrogen) atoms. The highest BCUT2D eigenvalue weighted by Crippen LogP contribution is 2.27.